The van der Waals surface area contributed by atoms with Gasteiger partial charge in [0.15, 0.2) is 18.4 Å². The first kappa shape index (κ1) is 22.8. The van der Waals surface area contributed by atoms with Crippen molar-refractivity contribution in [2.75, 3.05) is 13.2 Å². The number of carbonyl (C=O) groups is 1. The van der Waals surface area contributed by atoms with Crippen LogP contribution in [-0.4, -0.2) is 98.7 Å². The molecule has 11 nitrogen and oxygen atoms in total. The highest BCUT2D eigenvalue weighted by atomic mass is 16.8. The van der Waals surface area contributed by atoms with Crippen LogP contribution >= 0.6 is 0 Å². The Hall–Kier alpha value is -1.67. The monoisotopic (exact) mass is 480 g/mol. The van der Waals surface area contributed by atoms with Crippen LogP contribution < -0.4 is 0 Å². The summed E-state index contributed by atoms with van der Waals surface area (Å²) in [6.45, 7) is 0.985. The summed E-state index contributed by atoms with van der Waals surface area (Å²) in [6, 6.07) is 8.47. The maximum absolute atomic E-state index is 12.7. The molecule has 6 bridgehead atoms. The number of hydrogen-bond donors (Lipinski definition) is 5. The molecule has 4 heterocycles. The van der Waals surface area contributed by atoms with E-state index in [9.17, 15) is 30.3 Å². The Bertz CT molecular complexity index is 988. The third-order valence-electron chi connectivity index (χ3n) is 8.57. The molecule has 0 aromatic heterocycles. The summed E-state index contributed by atoms with van der Waals surface area (Å²) in [5.74, 6) is -2.49. The van der Waals surface area contributed by atoms with Gasteiger partial charge in [0.05, 0.1) is 17.6 Å². The van der Waals surface area contributed by atoms with Crippen molar-refractivity contribution in [2.45, 2.75) is 73.8 Å². The van der Waals surface area contributed by atoms with Gasteiger partial charge in [0.25, 0.3) is 0 Å². The number of ether oxygens (including phenoxy) is 5. The molecule has 8 rings (SSSR count). The minimum absolute atomic E-state index is 0.0902. The fourth-order valence-corrected chi connectivity index (χ4v) is 6.87. The molecule has 4 aliphatic heterocycles. The number of rotatable bonds is 6. The Kier molecular flexibility index (Phi) is 4.81. The fourth-order valence-electron chi connectivity index (χ4n) is 6.87. The quantitative estimate of drug-likeness (QED) is 0.306. The topological polar surface area (TPSA) is 164 Å². The molecule has 3 aliphatic carbocycles. The summed E-state index contributed by atoms with van der Waals surface area (Å²) in [7, 11) is 0. The lowest BCUT2D eigenvalue weighted by Crippen LogP contribution is -2.80. The molecule has 0 amide bonds. The SMILES string of the molecule is C[C@@]12C[C@@]3(O)O[C@@H](O1)C1(COC(=O)c4ccccc4)[C@H]3CC12O[C@@H]1O[C@H](CO)[C@@H](O)[C@H](O)[C@H]1O. The van der Waals surface area contributed by atoms with Crippen molar-refractivity contribution in [2.24, 2.45) is 11.3 Å². The first-order chi connectivity index (χ1) is 16.1. The number of aliphatic hydroxyl groups is 5. The smallest absolute Gasteiger partial charge is 0.338 e. The summed E-state index contributed by atoms with van der Waals surface area (Å²) in [6.07, 6.45) is -7.87. The van der Waals surface area contributed by atoms with Gasteiger partial charge >= 0.3 is 5.97 Å². The van der Waals surface area contributed by atoms with Crippen LogP contribution in [0.3, 0.4) is 0 Å². The second-order valence-electron chi connectivity index (χ2n) is 10.2. The molecule has 0 spiro atoms. The Morgan fingerprint density at radius 3 is 2.56 bits per heavy atom. The lowest BCUT2D eigenvalue weighted by atomic mass is 9.41. The summed E-state index contributed by atoms with van der Waals surface area (Å²) in [5, 5.41) is 51.7. The van der Waals surface area contributed by atoms with E-state index in [1.165, 1.54) is 0 Å². The van der Waals surface area contributed by atoms with Crippen molar-refractivity contribution in [3.8, 4) is 0 Å². The zero-order valence-corrected chi connectivity index (χ0v) is 18.4. The van der Waals surface area contributed by atoms with Gasteiger partial charge in [0.2, 0.25) is 0 Å². The van der Waals surface area contributed by atoms with Crippen molar-refractivity contribution in [1.29, 1.82) is 0 Å². The Labute approximate surface area is 194 Å². The molecule has 186 valence electrons. The lowest BCUT2D eigenvalue weighted by Gasteiger charge is -2.67. The molecule has 34 heavy (non-hydrogen) atoms. The van der Waals surface area contributed by atoms with E-state index in [0.717, 1.165) is 0 Å². The predicted molar refractivity (Wildman–Crippen MR) is 109 cm³/mol. The molecule has 3 saturated carbocycles. The molecule has 1 aromatic carbocycles. The van der Waals surface area contributed by atoms with Crippen LogP contribution in [0.1, 0.15) is 30.1 Å². The van der Waals surface area contributed by atoms with Gasteiger partial charge in [-0.05, 0) is 25.5 Å². The first-order valence-electron chi connectivity index (χ1n) is 11.4. The zero-order chi connectivity index (χ0) is 24.1. The average Bonchev–Trinajstić information content (AvgIpc) is 3.00. The van der Waals surface area contributed by atoms with Crippen molar-refractivity contribution in [3.63, 3.8) is 0 Å². The molecule has 7 fully saturated rings. The number of benzene rings is 1. The van der Waals surface area contributed by atoms with Gasteiger partial charge in [0, 0.05) is 12.3 Å². The average molecular weight is 480 g/mol. The van der Waals surface area contributed by atoms with Crippen LogP contribution in [0.2, 0.25) is 0 Å². The predicted octanol–water partition coefficient (Wildman–Crippen LogP) is -1.36. The second-order valence-corrected chi connectivity index (χ2v) is 10.2. The molecule has 11 atom stereocenters. The summed E-state index contributed by atoms with van der Waals surface area (Å²) < 4.78 is 29.7. The largest absolute Gasteiger partial charge is 0.461 e. The number of aliphatic hydroxyl groups excluding tert-OH is 4. The summed E-state index contributed by atoms with van der Waals surface area (Å²) >= 11 is 0. The molecule has 7 aliphatic rings. The summed E-state index contributed by atoms with van der Waals surface area (Å²) in [5.41, 5.74) is -2.99. The van der Waals surface area contributed by atoms with Crippen molar-refractivity contribution in [1.82, 2.24) is 0 Å². The zero-order valence-electron chi connectivity index (χ0n) is 18.4. The lowest BCUT2D eigenvalue weighted by molar-refractivity contribution is -0.424. The molecule has 2 unspecified atom stereocenters. The Morgan fingerprint density at radius 2 is 1.85 bits per heavy atom. The van der Waals surface area contributed by atoms with Gasteiger partial charge in [-0.2, -0.15) is 0 Å². The van der Waals surface area contributed by atoms with Crippen LogP contribution in [-0.2, 0) is 23.7 Å². The van der Waals surface area contributed by atoms with E-state index in [1.54, 1.807) is 37.3 Å². The molecule has 4 saturated heterocycles. The highest BCUT2D eigenvalue weighted by Crippen LogP contribution is 2.81. The second kappa shape index (κ2) is 7.19. The van der Waals surface area contributed by atoms with Crippen LogP contribution in [0.15, 0.2) is 30.3 Å². The maximum Gasteiger partial charge on any atom is 0.338 e. The first-order valence-corrected chi connectivity index (χ1v) is 11.4. The van der Waals surface area contributed by atoms with E-state index in [1.807, 2.05) is 0 Å². The van der Waals surface area contributed by atoms with E-state index < -0.39 is 77.9 Å². The van der Waals surface area contributed by atoms with Crippen LogP contribution in [0, 0.1) is 11.3 Å². The Balaban J connectivity index is 1.32. The molecule has 0 radical (unpaired) electrons. The van der Waals surface area contributed by atoms with Gasteiger partial charge in [-0.15, -0.1) is 0 Å². The summed E-state index contributed by atoms with van der Waals surface area (Å²) in [4.78, 5) is 12.7. The van der Waals surface area contributed by atoms with Crippen LogP contribution in [0.25, 0.3) is 0 Å². The van der Waals surface area contributed by atoms with E-state index in [2.05, 4.69) is 0 Å². The standard InChI is InChI=1S/C23H28O11/c1-20-9-22(29)13-7-23(20,32-18-16(27)15(26)14(25)12(8-24)31-18)21(13,19(33-20)34-22)10-30-17(28)11-5-3-2-4-6-11/h2-6,12-16,18-19,24-27,29H,7-10H2,1H3/t12-,13-,14-,15+,16-,18+,19-,20+,21?,22-,23?/m1/s1. The van der Waals surface area contributed by atoms with Crippen molar-refractivity contribution >= 4 is 5.97 Å². The minimum atomic E-state index is -1.61. The number of hydrogen-bond acceptors (Lipinski definition) is 11. The third kappa shape index (κ3) is 2.59. The normalized spacial score (nSPS) is 52.5. The highest BCUT2D eigenvalue weighted by Gasteiger charge is 2.94. The molecular weight excluding hydrogens is 452 g/mol. The maximum atomic E-state index is 12.7. The van der Waals surface area contributed by atoms with Gasteiger partial charge in [0.1, 0.15) is 42.2 Å². The van der Waals surface area contributed by atoms with Gasteiger partial charge in [-0.25, -0.2) is 4.79 Å². The van der Waals surface area contributed by atoms with E-state index >= 15 is 0 Å². The van der Waals surface area contributed by atoms with E-state index in [-0.39, 0.29) is 19.4 Å². The Morgan fingerprint density at radius 1 is 1.12 bits per heavy atom. The minimum Gasteiger partial charge on any atom is -0.461 e. The number of carbonyl (C=O) groups excluding carboxylic acids is 1. The molecule has 11 heteroatoms. The third-order valence-corrected chi connectivity index (χ3v) is 8.57. The molecule has 1 aromatic rings. The number of esters is 1. The molecule has 5 N–H and O–H groups in total. The van der Waals surface area contributed by atoms with Crippen molar-refractivity contribution in [3.05, 3.63) is 35.9 Å². The van der Waals surface area contributed by atoms with E-state index in [0.29, 0.717) is 5.56 Å². The van der Waals surface area contributed by atoms with Gasteiger partial charge in [-0.1, -0.05) is 18.2 Å². The van der Waals surface area contributed by atoms with Crippen molar-refractivity contribution < 1.29 is 54.0 Å². The fraction of sp³-hybridized carbons (Fsp3) is 0.696. The van der Waals surface area contributed by atoms with Crippen LogP contribution in [0.4, 0.5) is 0 Å². The van der Waals surface area contributed by atoms with Gasteiger partial charge in [-0.3, -0.25) is 0 Å². The molecular formula is C23H28O11. The van der Waals surface area contributed by atoms with E-state index in [4.69, 9.17) is 23.7 Å². The van der Waals surface area contributed by atoms with Crippen LogP contribution in [0.5, 0.6) is 0 Å². The van der Waals surface area contributed by atoms with Gasteiger partial charge < -0.3 is 49.2 Å². The highest BCUT2D eigenvalue weighted by molar-refractivity contribution is 5.89.